The van der Waals surface area contributed by atoms with Crippen LogP contribution in [0, 0.1) is 0 Å². The molecule has 3 rings (SSSR count). The summed E-state index contributed by atoms with van der Waals surface area (Å²) >= 11 is 1.35. The van der Waals surface area contributed by atoms with E-state index >= 15 is 0 Å². The summed E-state index contributed by atoms with van der Waals surface area (Å²) in [7, 11) is 1.61. The van der Waals surface area contributed by atoms with E-state index in [1.54, 1.807) is 12.0 Å². The molecule has 33 heavy (non-hydrogen) atoms. The molecule has 0 bridgehead atoms. The van der Waals surface area contributed by atoms with Crippen molar-refractivity contribution in [3.05, 3.63) is 54.6 Å². The van der Waals surface area contributed by atoms with Gasteiger partial charge in [0, 0.05) is 31.3 Å². The van der Waals surface area contributed by atoms with E-state index in [2.05, 4.69) is 24.1 Å². The number of amides is 2. The van der Waals surface area contributed by atoms with Crippen LogP contribution in [-0.2, 0) is 9.59 Å². The molecule has 0 spiro atoms. The quantitative estimate of drug-likeness (QED) is 0.533. The second-order valence-corrected chi connectivity index (χ2v) is 8.51. The van der Waals surface area contributed by atoms with Crippen LogP contribution in [0.2, 0.25) is 0 Å². The van der Waals surface area contributed by atoms with Crippen molar-refractivity contribution in [3.63, 3.8) is 0 Å². The number of nitrogens with one attached hydrogen (secondary N) is 1. The van der Waals surface area contributed by atoms with Crippen molar-refractivity contribution in [2.24, 2.45) is 4.99 Å². The van der Waals surface area contributed by atoms with Gasteiger partial charge in [0.25, 0.3) is 0 Å². The molecule has 0 saturated carbocycles. The van der Waals surface area contributed by atoms with Gasteiger partial charge in [-0.25, -0.2) is 4.99 Å². The Morgan fingerprint density at radius 1 is 1.15 bits per heavy atom. The molecule has 1 N–H and O–H groups in total. The predicted octanol–water partition coefficient (Wildman–Crippen LogP) is 4.42. The smallest absolute Gasteiger partial charge is 0.242 e. The van der Waals surface area contributed by atoms with E-state index in [4.69, 9.17) is 9.73 Å². The van der Waals surface area contributed by atoms with Crippen molar-refractivity contribution in [1.82, 2.24) is 9.80 Å². The number of carbonyl (C=O) groups excluding carboxylic acids is 2. The zero-order valence-electron chi connectivity index (χ0n) is 19.2. The van der Waals surface area contributed by atoms with Gasteiger partial charge < -0.3 is 15.0 Å². The van der Waals surface area contributed by atoms with E-state index in [0.717, 1.165) is 25.3 Å². The van der Waals surface area contributed by atoms with Crippen LogP contribution in [0.25, 0.3) is 0 Å². The van der Waals surface area contributed by atoms with E-state index in [9.17, 15) is 9.59 Å². The topological polar surface area (TPSA) is 74.2 Å². The molecule has 7 nitrogen and oxygen atoms in total. The van der Waals surface area contributed by atoms with Crippen molar-refractivity contribution in [3.8, 4) is 5.75 Å². The van der Waals surface area contributed by atoms with Crippen LogP contribution >= 0.6 is 24.2 Å². The van der Waals surface area contributed by atoms with Crippen LogP contribution in [-0.4, -0.2) is 65.3 Å². The van der Waals surface area contributed by atoms with Crippen molar-refractivity contribution in [2.45, 2.75) is 25.5 Å². The minimum absolute atomic E-state index is 0. The number of amidine groups is 1. The molecule has 1 fully saturated rings. The normalized spacial score (nSPS) is 16.7. The number of aliphatic imine (C=N–C) groups is 1. The third kappa shape index (κ3) is 7.48. The van der Waals surface area contributed by atoms with Gasteiger partial charge in [-0.05, 0) is 37.4 Å². The zero-order valence-corrected chi connectivity index (χ0v) is 20.8. The van der Waals surface area contributed by atoms with Gasteiger partial charge in [0.2, 0.25) is 11.8 Å². The number of ether oxygens (including phenoxy) is 1. The summed E-state index contributed by atoms with van der Waals surface area (Å²) in [5.74, 6) is 0.440. The molecule has 1 atom stereocenters. The van der Waals surface area contributed by atoms with E-state index in [1.165, 1.54) is 11.8 Å². The number of anilines is 1. The Balaban J connectivity index is 0.00000385. The molecular formula is C24H31ClN4O3S. The van der Waals surface area contributed by atoms with Crippen LogP contribution in [0.5, 0.6) is 5.75 Å². The fourth-order valence-electron chi connectivity index (χ4n) is 3.40. The highest BCUT2D eigenvalue weighted by Crippen LogP contribution is 2.32. The van der Waals surface area contributed by atoms with Gasteiger partial charge in [-0.2, -0.15) is 0 Å². The molecule has 2 aromatic rings. The summed E-state index contributed by atoms with van der Waals surface area (Å²) in [4.78, 5) is 34.5. The number of methoxy groups -OCH3 is 1. The lowest BCUT2D eigenvalue weighted by molar-refractivity contribution is -0.128. The zero-order chi connectivity index (χ0) is 22.9. The summed E-state index contributed by atoms with van der Waals surface area (Å²) in [6.45, 7) is 7.32. The third-order valence-electron chi connectivity index (χ3n) is 5.26. The molecule has 0 aromatic heterocycles. The fraction of sp³-hybridized carbons (Fsp3) is 0.375. The van der Waals surface area contributed by atoms with Crippen molar-refractivity contribution < 1.29 is 14.3 Å². The Morgan fingerprint density at radius 2 is 1.88 bits per heavy atom. The molecule has 1 saturated heterocycles. The molecule has 9 heteroatoms. The highest BCUT2D eigenvalue weighted by molar-refractivity contribution is 8.15. The van der Waals surface area contributed by atoms with Crippen LogP contribution in [0.3, 0.4) is 0 Å². The van der Waals surface area contributed by atoms with E-state index < -0.39 is 5.25 Å². The van der Waals surface area contributed by atoms with Crippen LogP contribution in [0.4, 0.5) is 11.4 Å². The van der Waals surface area contributed by atoms with Gasteiger partial charge in [-0.15, -0.1) is 12.4 Å². The number of halogens is 1. The lowest BCUT2D eigenvalue weighted by Gasteiger charge is -2.23. The number of likely N-dealkylation sites (N-methyl/N-ethyl adjacent to an activating group) is 1. The minimum Gasteiger partial charge on any atom is -0.497 e. The van der Waals surface area contributed by atoms with Crippen molar-refractivity contribution in [2.75, 3.05) is 38.6 Å². The molecule has 0 radical (unpaired) electrons. The largest absolute Gasteiger partial charge is 0.497 e. The number of hydrogen-bond donors (Lipinski definition) is 1. The molecule has 1 aliphatic heterocycles. The maximum atomic E-state index is 13.2. The van der Waals surface area contributed by atoms with Crippen LogP contribution in [0.1, 0.15) is 20.3 Å². The predicted molar refractivity (Wildman–Crippen MR) is 138 cm³/mol. The monoisotopic (exact) mass is 490 g/mol. The number of para-hydroxylation sites is 1. The Kier molecular flexibility index (Phi) is 10.7. The summed E-state index contributed by atoms with van der Waals surface area (Å²) in [6.07, 6.45) is 0.0945. The Hall–Kier alpha value is -2.55. The summed E-state index contributed by atoms with van der Waals surface area (Å²) in [5.41, 5.74) is 1.43. The van der Waals surface area contributed by atoms with E-state index in [1.807, 2.05) is 54.6 Å². The number of nitrogens with zero attached hydrogens (tertiary/aromatic N) is 3. The minimum atomic E-state index is -0.500. The Morgan fingerprint density at radius 3 is 2.55 bits per heavy atom. The molecule has 178 valence electrons. The van der Waals surface area contributed by atoms with Gasteiger partial charge in [-0.3, -0.25) is 14.5 Å². The van der Waals surface area contributed by atoms with Gasteiger partial charge >= 0.3 is 0 Å². The highest BCUT2D eigenvalue weighted by atomic mass is 35.5. The number of benzene rings is 2. The van der Waals surface area contributed by atoms with Gasteiger partial charge in [0.05, 0.1) is 12.8 Å². The molecular weight excluding hydrogens is 460 g/mol. The molecule has 1 heterocycles. The average Bonchev–Trinajstić information content (AvgIpc) is 3.09. The molecule has 2 amide bonds. The first kappa shape index (κ1) is 26.7. The van der Waals surface area contributed by atoms with Gasteiger partial charge in [0.1, 0.15) is 11.0 Å². The van der Waals surface area contributed by atoms with Crippen LogP contribution in [0.15, 0.2) is 59.6 Å². The lowest BCUT2D eigenvalue weighted by Crippen LogP contribution is -2.39. The summed E-state index contributed by atoms with van der Waals surface area (Å²) in [6, 6.07) is 16.7. The standard InChI is InChI=1S/C24H30N4O3S.ClH/c1-4-27(5-2)14-15-28-23(30)21(17-22(29)25-18-10-7-6-8-11-18)32-24(28)26-19-12-9-13-20(16-19)31-3;/h6-13,16,21H,4-5,14-15,17H2,1-3H3,(H,25,29);1H. The summed E-state index contributed by atoms with van der Waals surface area (Å²) in [5, 5.41) is 2.98. The van der Waals surface area contributed by atoms with Crippen molar-refractivity contribution in [1.29, 1.82) is 0 Å². The van der Waals surface area contributed by atoms with E-state index in [0.29, 0.717) is 23.1 Å². The molecule has 1 unspecified atom stereocenters. The number of carbonyl (C=O) groups is 2. The fourth-order valence-corrected chi connectivity index (χ4v) is 4.59. The Bertz CT molecular complexity index is 954. The maximum Gasteiger partial charge on any atom is 0.242 e. The second kappa shape index (κ2) is 13.2. The lowest BCUT2D eigenvalue weighted by atomic mass is 10.2. The molecule has 1 aliphatic rings. The first-order valence-electron chi connectivity index (χ1n) is 10.8. The van der Waals surface area contributed by atoms with Gasteiger partial charge in [-0.1, -0.05) is 49.9 Å². The maximum absolute atomic E-state index is 13.2. The average molecular weight is 491 g/mol. The van der Waals surface area contributed by atoms with E-state index in [-0.39, 0.29) is 30.6 Å². The highest BCUT2D eigenvalue weighted by Gasteiger charge is 2.39. The van der Waals surface area contributed by atoms with Crippen LogP contribution < -0.4 is 10.1 Å². The first-order valence-corrected chi connectivity index (χ1v) is 11.7. The number of hydrogen-bond acceptors (Lipinski definition) is 6. The summed E-state index contributed by atoms with van der Waals surface area (Å²) < 4.78 is 5.29. The second-order valence-electron chi connectivity index (χ2n) is 7.34. The van der Waals surface area contributed by atoms with Crippen molar-refractivity contribution >= 4 is 52.5 Å². The first-order chi connectivity index (χ1) is 15.5. The SMILES string of the molecule is CCN(CC)CCN1C(=O)C(CC(=O)Nc2ccccc2)SC1=Nc1cccc(OC)c1.Cl. The molecule has 2 aromatic carbocycles. The third-order valence-corrected chi connectivity index (χ3v) is 6.44. The number of rotatable bonds is 10. The Labute approximate surface area is 206 Å². The van der Waals surface area contributed by atoms with Gasteiger partial charge in [0.15, 0.2) is 5.17 Å². The molecule has 0 aliphatic carbocycles. The number of thioether (sulfide) groups is 1.